The van der Waals surface area contributed by atoms with E-state index in [2.05, 4.69) is 25.7 Å². The second kappa shape index (κ2) is 7.92. The minimum absolute atomic E-state index is 0.202. The highest BCUT2D eigenvalue weighted by atomic mass is 16.5. The van der Waals surface area contributed by atoms with E-state index >= 15 is 0 Å². The van der Waals surface area contributed by atoms with Gasteiger partial charge in [0.1, 0.15) is 11.4 Å². The van der Waals surface area contributed by atoms with Crippen LogP contribution in [0.5, 0.6) is 5.75 Å². The number of aliphatic hydroxyl groups is 1. The number of hydrogen-bond acceptors (Lipinski definition) is 6. The summed E-state index contributed by atoms with van der Waals surface area (Å²) in [6, 6.07) is 0. The number of pyridine rings is 1. The molecule has 0 atom stereocenters. The van der Waals surface area contributed by atoms with Crippen molar-refractivity contribution in [2.24, 2.45) is 0 Å². The summed E-state index contributed by atoms with van der Waals surface area (Å²) in [5.74, 6) is 1.14. The van der Waals surface area contributed by atoms with Crippen molar-refractivity contribution in [3.8, 4) is 5.75 Å². The van der Waals surface area contributed by atoms with Crippen molar-refractivity contribution in [2.75, 3.05) is 19.5 Å². The number of aromatic nitrogens is 4. The van der Waals surface area contributed by atoms with E-state index in [-0.39, 0.29) is 12.6 Å². The normalized spacial score (nSPS) is 11.3. The Labute approximate surface area is 159 Å². The summed E-state index contributed by atoms with van der Waals surface area (Å²) < 4.78 is 7.61. The lowest BCUT2D eigenvalue weighted by Crippen LogP contribution is -2.07. The van der Waals surface area contributed by atoms with Crippen molar-refractivity contribution in [1.82, 2.24) is 19.5 Å². The third-order valence-electron chi connectivity index (χ3n) is 4.92. The van der Waals surface area contributed by atoms with Crippen LogP contribution < -0.4 is 10.5 Å². The molecule has 0 aliphatic heterocycles. The first-order valence-corrected chi connectivity index (χ1v) is 9.18. The quantitative estimate of drug-likeness (QED) is 0.621. The largest absolute Gasteiger partial charge is 0.496 e. The van der Waals surface area contributed by atoms with Crippen molar-refractivity contribution >= 4 is 17.0 Å². The first-order chi connectivity index (χ1) is 13.0. The van der Waals surface area contributed by atoms with Gasteiger partial charge in [0.2, 0.25) is 5.95 Å². The molecule has 0 fully saturated rings. The molecule has 0 saturated carbocycles. The van der Waals surface area contributed by atoms with Crippen LogP contribution in [0.2, 0.25) is 0 Å². The Balaban J connectivity index is 2.07. The molecule has 7 heteroatoms. The Bertz CT molecular complexity index is 965. The number of unbranched alkanes of at least 4 members (excludes halogenated alkanes) is 1. The van der Waals surface area contributed by atoms with Crippen molar-refractivity contribution in [2.45, 2.75) is 46.6 Å². The summed E-state index contributed by atoms with van der Waals surface area (Å²) in [5.41, 5.74) is 11.8. The van der Waals surface area contributed by atoms with Crippen LogP contribution in [-0.4, -0.2) is 38.3 Å². The number of fused-ring (bicyclic) bond motifs is 1. The average Bonchev–Trinajstić information content (AvgIpc) is 2.96. The number of methoxy groups -OCH3 is 1. The van der Waals surface area contributed by atoms with Gasteiger partial charge >= 0.3 is 0 Å². The minimum Gasteiger partial charge on any atom is -0.496 e. The van der Waals surface area contributed by atoms with Crippen LogP contribution in [0.4, 0.5) is 5.95 Å². The highest BCUT2D eigenvalue weighted by Crippen LogP contribution is 2.28. The van der Waals surface area contributed by atoms with Crippen molar-refractivity contribution < 1.29 is 9.84 Å². The molecule has 0 amide bonds. The summed E-state index contributed by atoms with van der Waals surface area (Å²) >= 11 is 0. The van der Waals surface area contributed by atoms with Gasteiger partial charge in [0.25, 0.3) is 0 Å². The number of rotatable bonds is 7. The summed E-state index contributed by atoms with van der Waals surface area (Å²) in [7, 11) is 1.68. The molecule has 3 aromatic heterocycles. The van der Waals surface area contributed by atoms with Crippen LogP contribution in [0.3, 0.4) is 0 Å². The maximum atomic E-state index is 9.08. The van der Waals surface area contributed by atoms with Crippen LogP contribution in [0.25, 0.3) is 11.0 Å². The summed E-state index contributed by atoms with van der Waals surface area (Å²) in [6.45, 7) is 6.75. The molecule has 3 rings (SSSR count). The molecule has 27 heavy (non-hydrogen) atoms. The Morgan fingerprint density at radius 3 is 2.67 bits per heavy atom. The van der Waals surface area contributed by atoms with Crippen LogP contribution in [0.15, 0.2) is 12.4 Å². The third-order valence-corrected chi connectivity index (χ3v) is 4.92. The molecule has 0 bridgehead atoms. The molecular formula is C20H27N5O2. The van der Waals surface area contributed by atoms with E-state index < -0.39 is 0 Å². The maximum Gasteiger partial charge on any atom is 0.222 e. The molecule has 7 nitrogen and oxygen atoms in total. The Kier molecular flexibility index (Phi) is 5.60. The second-order valence-electron chi connectivity index (χ2n) is 6.87. The SMILES string of the molecule is COc1c(C)cnc(Cn2cc(CCCCO)c3c(C)nc(N)nc32)c1C. The molecule has 0 unspecified atom stereocenters. The van der Waals surface area contributed by atoms with E-state index in [1.807, 2.05) is 27.0 Å². The van der Waals surface area contributed by atoms with Gasteiger partial charge in [-0.2, -0.15) is 4.98 Å². The van der Waals surface area contributed by atoms with Crippen molar-refractivity contribution in [3.05, 3.63) is 40.5 Å². The van der Waals surface area contributed by atoms with Gasteiger partial charge in [0.15, 0.2) is 0 Å². The number of nitrogens with zero attached hydrogens (tertiary/aromatic N) is 4. The van der Waals surface area contributed by atoms with E-state index in [9.17, 15) is 0 Å². The van der Waals surface area contributed by atoms with Crippen molar-refractivity contribution in [3.63, 3.8) is 0 Å². The Hall–Kier alpha value is -2.67. The van der Waals surface area contributed by atoms with Gasteiger partial charge in [-0.3, -0.25) is 4.98 Å². The number of nitrogens with two attached hydrogens (primary N) is 1. The second-order valence-corrected chi connectivity index (χ2v) is 6.87. The Morgan fingerprint density at radius 1 is 1.19 bits per heavy atom. The number of aryl methyl sites for hydroxylation is 3. The number of anilines is 1. The highest BCUT2D eigenvalue weighted by molar-refractivity contribution is 5.83. The van der Waals surface area contributed by atoms with Gasteiger partial charge in [0.05, 0.1) is 25.0 Å². The first kappa shape index (κ1) is 19.1. The molecule has 3 heterocycles. The average molecular weight is 369 g/mol. The fourth-order valence-electron chi connectivity index (χ4n) is 3.61. The molecule has 144 valence electrons. The number of aliphatic hydroxyl groups excluding tert-OH is 1. The standard InChI is InChI=1S/C20H27N5O2/c1-12-9-22-16(13(2)18(12)27-4)11-25-10-15(7-5-6-8-26)17-14(3)23-20(21)24-19(17)25/h9-10,26H,5-8,11H2,1-4H3,(H2,21,23,24). The first-order valence-electron chi connectivity index (χ1n) is 9.18. The zero-order chi connectivity index (χ0) is 19.6. The fraction of sp³-hybridized carbons (Fsp3) is 0.450. The van der Waals surface area contributed by atoms with Gasteiger partial charge in [-0.1, -0.05) is 0 Å². The smallest absolute Gasteiger partial charge is 0.222 e. The monoisotopic (exact) mass is 369 g/mol. The molecular weight excluding hydrogens is 342 g/mol. The Morgan fingerprint density at radius 2 is 1.96 bits per heavy atom. The molecule has 0 saturated heterocycles. The molecule has 3 aromatic rings. The van der Waals surface area contributed by atoms with E-state index in [0.29, 0.717) is 6.54 Å². The topological polar surface area (TPSA) is 99.1 Å². The van der Waals surface area contributed by atoms with E-state index in [4.69, 9.17) is 15.6 Å². The summed E-state index contributed by atoms with van der Waals surface area (Å²) in [6.07, 6.45) is 6.49. The third kappa shape index (κ3) is 3.73. The zero-order valence-corrected chi connectivity index (χ0v) is 16.4. The summed E-state index contributed by atoms with van der Waals surface area (Å²) in [5, 5.41) is 10.1. The van der Waals surface area contributed by atoms with Gasteiger partial charge < -0.3 is 20.1 Å². The van der Waals surface area contributed by atoms with Crippen LogP contribution in [0, 0.1) is 20.8 Å². The van der Waals surface area contributed by atoms with Crippen LogP contribution in [-0.2, 0) is 13.0 Å². The van der Waals surface area contributed by atoms with Crippen LogP contribution >= 0.6 is 0 Å². The van der Waals surface area contributed by atoms with Crippen molar-refractivity contribution in [1.29, 1.82) is 0 Å². The zero-order valence-electron chi connectivity index (χ0n) is 16.4. The van der Waals surface area contributed by atoms with Gasteiger partial charge in [-0.05, 0) is 45.6 Å². The lowest BCUT2D eigenvalue weighted by Gasteiger charge is -2.13. The predicted molar refractivity (Wildman–Crippen MR) is 106 cm³/mol. The number of nitrogen functional groups attached to an aromatic ring is 1. The fourth-order valence-corrected chi connectivity index (χ4v) is 3.61. The molecule has 0 aliphatic rings. The van der Waals surface area contributed by atoms with Gasteiger partial charge in [0, 0.05) is 35.5 Å². The molecule has 0 aliphatic carbocycles. The highest BCUT2D eigenvalue weighted by Gasteiger charge is 2.16. The maximum absolute atomic E-state index is 9.08. The predicted octanol–water partition coefficient (Wildman–Crippen LogP) is 2.71. The number of ether oxygens (including phenoxy) is 1. The van der Waals surface area contributed by atoms with E-state index in [0.717, 1.165) is 58.6 Å². The minimum atomic E-state index is 0.202. The number of hydrogen-bond donors (Lipinski definition) is 2. The van der Waals surface area contributed by atoms with E-state index in [1.54, 1.807) is 7.11 Å². The molecule has 0 aromatic carbocycles. The van der Waals surface area contributed by atoms with Gasteiger partial charge in [-0.25, -0.2) is 4.98 Å². The lowest BCUT2D eigenvalue weighted by atomic mass is 10.1. The van der Waals surface area contributed by atoms with Crippen LogP contribution in [0.1, 0.15) is 40.9 Å². The molecule has 0 spiro atoms. The molecule has 3 N–H and O–H groups in total. The molecule has 0 radical (unpaired) electrons. The van der Waals surface area contributed by atoms with E-state index in [1.165, 1.54) is 5.56 Å². The van der Waals surface area contributed by atoms with Gasteiger partial charge in [-0.15, -0.1) is 0 Å². The summed E-state index contributed by atoms with van der Waals surface area (Å²) in [4.78, 5) is 13.4. The lowest BCUT2D eigenvalue weighted by molar-refractivity contribution is 0.284.